The quantitative estimate of drug-likeness (QED) is 0.441. The molecule has 0 bridgehead atoms. The van der Waals surface area contributed by atoms with Gasteiger partial charge < -0.3 is 5.32 Å². The number of hydrogen-bond acceptors (Lipinski definition) is 4. The first-order chi connectivity index (χ1) is 14.6. The Morgan fingerprint density at radius 2 is 1.63 bits per heavy atom. The van der Waals surface area contributed by atoms with Crippen molar-refractivity contribution in [3.05, 3.63) is 89.7 Å². The average Bonchev–Trinajstić information content (AvgIpc) is 2.78. The van der Waals surface area contributed by atoms with Crippen LogP contribution in [0.4, 0.5) is 4.39 Å². The molecule has 1 aromatic heterocycles. The number of rotatable bonds is 6. The molecule has 1 N–H and O–H groups in total. The highest BCUT2D eigenvalue weighted by Gasteiger charge is 2.13. The van der Waals surface area contributed by atoms with Gasteiger partial charge >= 0.3 is 0 Å². The minimum absolute atomic E-state index is 0.0610. The van der Waals surface area contributed by atoms with Gasteiger partial charge in [0, 0.05) is 22.9 Å². The zero-order valence-electron chi connectivity index (χ0n) is 16.4. The van der Waals surface area contributed by atoms with Gasteiger partial charge in [0.1, 0.15) is 16.5 Å². The molecule has 30 heavy (non-hydrogen) atoms. The molecule has 4 rings (SSSR count). The van der Waals surface area contributed by atoms with Gasteiger partial charge in [-0.25, -0.2) is 4.39 Å². The first-order valence-electron chi connectivity index (χ1n) is 9.56. The molecule has 0 aliphatic heterocycles. The van der Waals surface area contributed by atoms with Crippen LogP contribution in [0.15, 0.2) is 77.8 Å². The van der Waals surface area contributed by atoms with Crippen molar-refractivity contribution in [2.45, 2.75) is 18.5 Å². The van der Waals surface area contributed by atoms with E-state index in [1.54, 1.807) is 12.1 Å². The zero-order chi connectivity index (χ0) is 20.9. The normalized spacial score (nSPS) is 10.9. The first kappa shape index (κ1) is 20.0. The molecule has 0 radical (unpaired) electrons. The van der Waals surface area contributed by atoms with Crippen LogP contribution in [0.5, 0.6) is 0 Å². The summed E-state index contributed by atoms with van der Waals surface area (Å²) in [5.41, 5.74) is 3.74. The van der Waals surface area contributed by atoms with Crippen molar-refractivity contribution in [1.82, 2.24) is 15.5 Å². The molecule has 1 amide bonds. The summed E-state index contributed by atoms with van der Waals surface area (Å²) in [6.07, 6.45) is 0. The Hall–Kier alpha value is -3.25. The van der Waals surface area contributed by atoms with E-state index >= 15 is 0 Å². The third-order valence-corrected chi connectivity index (χ3v) is 5.70. The Balaban J connectivity index is 1.48. The number of thioether (sulfide) groups is 1. The Labute approximate surface area is 178 Å². The predicted molar refractivity (Wildman–Crippen MR) is 119 cm³/mol. The number of amides is 1. The van der Waals surface area contributed by atoms with Gasteiger partial charge in [-0.1, -0.05) is 65.9 Å². The lowest BCUT2D eigenvalue weighted by Crippen LogP contribution is -2.24. The number of carbonyl (C=O) groups excluding carboxylic acids is 1. The van der Waals surface area contributed by atoms with E-state index in [1.165, 1.54) is 29.5 Å². The monoisotopic (exact) mass is 417 g/mol. The van der Waals surface area contributed by atoms with Crippen LogP contribution in [0, 0.1) is 12.7 Å². The van der Waals surface area contributed by atoms with Gasteiger partial charge in [-0.15, -0.1) is 10.2 Å². The van der Waals surface area contributed by atoms with Gasteiger partial charge in [0.2, 0.25) is 5.91 Å². The fraction of sp³-hybridized carbons (Fsp3) is 0.125. The predicted octanol–water partition coefficient (Wildman–Crippen LogP) is 5.15. The molecule has 0 saturated heterocycles. The smallest absolute Gasteiger partial charge is 0.230 e. The van der Waals surface area contributed by atoms with Gasteiger partial charge in [0.05, 0.1) is 5.75 Å². The molecule has 6 heteroatoms. The van der Waals surface area contributed by atoms with E-state index in [2.05, 4.69) is 15.5 Å². The Bertz CT molecular complexity index is 1180. The average molecular weight is 418 g/mol. The fourth-order valence-electron chi connectivity index (χ4n) is 3.10. The first-order valence-corrected chi connectivity index (χ1v) is 10.5. The summed E-state index contributed by atoms with van der Waals surface area (Å²) in [6, 6.07) is 22.1. The lowest BCUT2D eigenvalue weighted by molar-refractivity contribution is -0.118. The van der Waals surface area contributed by atoms with E-state index in [-0.39, 0.29) is 17.5 Å². The lowest BCUT2D eigenvalue weighted by Gasteiger charge is -2.10. The van der Waals surface area contributed by atoms with Crippen LogP contribution in [0.2, 0.25) is 0 Å². The Kier molecular flexibility index (Phi) is 6.05. The molecular formula is C24H20FN3OS. The SMILES string of the molecule is Cc1ccc(CNC(=O)CSc2nnc(-c3ccc(F)cc3)c3ccccc23)cc1. The van der Waals surface area contributed by atoms with E-state index in [0.717, 1.165) is 21.9 Å². The molecule has 0 aliphatic rings. The molecule has 3 aromatic carbocycles. The zero-order valence-corrected chi connectivity index (χ0v) is 17.2. The number of benzene rings is 3. The van der Waals surface area contributed by atoms with E-state index in [4.69, 9.17) is 0 Å². The Morgan fingerprint density at radius 1 is 0.933 bits per heavy atom. The van der Waals surface area contributed by atoms with Crippen LogP contribution in [-0.2, 0) is 11.3 Å². The summed E-state index contributed by atoms with van der Waals surface area (Å²) in [4.78, 5) is 12.3. The maximum atomic E-state index is 13.3. The molecule has 0 aliphatic carbocycles. The van der Waals surface area contributed by atoms with Crippen molar-refractivity contribution in [3.8, 4) is 11.3 Å². The number of hydrogen-bond donors (Lipinski definition) is 1. The number of nitrogens with one attached hydrogen (secondary N) is 1. The van der Waals surface area contributed by atoms with Crippen molar-refractivity contribution < 1.29 is 9.18 Å². The summed E-state index contributed by atoms with van der Waals surface area (Å²) >= 11 is 1.36. The summed E-state index contributed by atoms with van der Waals surface area (Å²) in [5, 5.41) is 14.2. The van der Waals surface area contributed by atoms with E-state index < -0.39 is 0 Å². The van der Waals surface area contributed by atoms with Crippen molar-refractivity contribution in [3.63, 3.8) is 0 Å². The molecule has 4 aromatic rings. The van der Waals surface area contributed by atoms with E-state index in [1.807, 2.05) is 55.5 Å². The molecular weight excluding hydrogens is 397 g/mol. The number of aromatic nitrogens is 2. The molecule has 1 heterocycles. The summed E-state index contributed by atoms with van der Waals surface area (Å²) in [6.45, 7) is 2.53. The van der Waals surface area contributed by atoms with Crippen LogP contribution >= 0.6 is 11.8 Å². The summed E-state index contributed by atoms with van der Waals surface area (Å²) < 4.78 is 13.3. The second-order valence-electron chi connectivity index (χ2n) is 6.96. The fourth-order valence-corrected chi connectivity index (χ4v) is 3.90. The Morgan fingerprint density at radius 3 is 2.37 bits per heavy atom. The highest BCUT2D eigenvalue weighted by molar-refractivity contribution is 8.00. The standard InChI is InChI=1S/C24H20FN3OS/c1-16-6-8-17(9-7-16)14-26-22(29)15-30-24-21-5-3-2-4-20(21)23(27-28-24)18-10-12-19(25)13-11-18/h2-13H,14-15H2,1H3,(H,26,29). The number of aryl methyl sites for hydroxylation is 1. The van der Waals surface area contributed by atoms with Gasteiger partial charge in [0.15, 0.2) is 0 Å². The third-order valence-electron chi connectivity index (χ3n) is 4.72. The number of carbonyl (C=O) groups is 1. The van der Waals surface area contributed by atoms with Gasteiger partial charge in [-0.05, 0) is 36.8 Å². The van der Waals surface area contributed by atoms with Crippen LogP contribution in [0.1, 0.15) is 11.1 Å². The topological polar surface area (TPSA) is 54.9 Å². The van der Waals surface area contributed by atoms with Crippen molar-refractivity contribution in [1.29, 1.82) is 0 Å². The van der Waals surface area contributed by atoms with Crippen LogP contribution in [0.25, 0.3) is 22.0 Å². The molecule has 0 fully saturated rings. The van der Waals surface area contributed by atoms with Gasteiger partial charge in [-0.3, -0.25) is 4.79 Å². The third kappa shape index (κ3) is 4.66. The van der Waals surface area contributed by atoms with Crippen molar-refractivity contribution in [2.75, 3.05) is 5.75 Å². The van der Waals surface area contributed by atoms with Gasteiger partial charge in [-0.2, -0.15) is 0 Å². The maximum Gasteiger partial charge on any atom is 0.230 e. The van der Waals surface area contributed by atoms with Crippen molar-refractivity contribution >= 4 is 28.4 Å². The van der Waals surface area contributed by atoms with Crippen LogP contribution < -0.4 is 5.32 Å². The van der Waals surface area contributed by atoms with Crippen molar-refractivity contribution in [2.24, 2.45) is 0 Å². The summed E-state index contributed by atoms with van der Waals surface area (Å²) in [5.74, 6) is -0.102. The highest BCUT2D eigenvalue weighted by Crippen LogP contribution is 2.31. The molecule has 0 saturated carbocycles. The minimum atomic E-state index is -0.292. The second kappa shape index (κ2) is 9.05. The highest BCUT2D eigenvalue weighted by atomic mass is 32.2. The number of fused-ring (bicyclic) bond motifs is 1. The molecule has 0 unspecified atom stereocenters. The van der Waals surface area contributed by atoms with Gasteiger partial charge in [0.25, 0.3) is 0 Å². The van der Waals surface area contributed by atoms with E-state index in [9.17, 15) is 9.18 Å². The molecule has 150 valence electrons. The largest absolute Gasteiger partial charge is 0.351 e. The van der Waals surface area contributed by atoms with E-state index in [0.29, 0.717) is 17.3 Å². The summed E-state index contributed by atoms with van der Waals surface area (Å²) in [7, 11) is 0. The minimum Gasteiger partial charge on any atom is -0.351 e. The van der Waals surface area contributed by atoms with Crippen LogP contribution in [-0.4, -0.2) is 21.9 Å². The lowest BCUT2D eigenvalue weighted by atomic mass is 10.1. The maximum absolute atomic E-state index is 13.3. The molecule has 4 nitrogen and oxygen atoms in total. The second-order valence-corrected chi connectivity index (χ2v) is 7.92. The molecule has 0 atom stereocenters. The number of halogens is 1. The molecule has 0 spiro atoms. The number of nitrogens with zero attached hydrogens (tertiary/aromatic N) is 2. The van der Waals surface area contributed by atoms with Crippen LogP contribution in [0.3, 0.4) is 0 Å².